The Labute approximate surface area is 166 Å². The second-order valence-corrected chi connectivity index (χ2v) is 6.57. The van der Waals surface area contributed by atoms with Crippen LogP contribution in [-0.4, -0.2) is 20.9 Å². The molecule has 0 aliphatic rings. The zero-order valence-corrected chi connectivity index (χ0v) is 15.5. The van der Waals surface area contributed by atoms with E-state index in [2.05, 4.69) is 9.98 Å². The summed E-state index contributed by atoms with van der Waals surface area (Å²) < 4.78 is 1.22. The summed E-state index contributed by atoms with van der Waals surface area (Å²) in [5.74, 6) is -0.207. The van der Waals surface area contributed by atoms with Crippen LogP contribution >= 0.6 is 11.6 Å². The highest BCUT2D eigenvalue weighted by Crippen LogP contribution is 2.28. The molecule has 2 heterocycles. The summed E-state index contributed by atoms with van der Waals surface area (Å²) in [7, 11) is 0. The highest BCUT2D eigenvalue weighted by Gasteiger charge is 2.17. The van der Waals surface area contributed by atoms with E-state index in [1.165, 1.54) is 4.57 Å². The fourth-order valence-electron chi connectivity index (χ4n) is 3.07. The number of para-hydroxylation sites is 1. The summed E-state index contributed by atoms with van der Waals surface area (Å²) in [6.07, 6.45) is 3.27. The normalized spacial score (nSPS) is 11.3. The molecule has 0 saturated carbocycles. The Kier molecular flexibility index (Phi) is 4.91. The van der Waals surface area contributed by atoms with Crippen LogP contribution in [0.4, 0.5) is 0 Å². The molecule has 4 aromatic rings. The first kappa shape index (κ1) is 17.9. The first-order valence-corrected chi connectivity index (χ1v) is 9.06. The van der Waals surface area contributed by atoms with Gasteiger partial charge in [-0.25, -0.2) is 4.57 Å². The lowest BCUT2D eigenvalue weighted by molar-refractivity contribution is 0.436. The van der Waals surface area contributed by atoms with E-state index in [-0.39, 0.29) is 11.4 Å². The van der Waals surface area contributed by atoms with Crippen LogP contribution in [0.5, 0.6) is 5.88 Å². The van der Waals surface area contributed by atoms with Crippen LogP contribution in [0.25, 0.3) is 16.5 Å². The van der Waals surface area contributed by atoms with Gasteiger partial charge in [-0.05, 0) is 30.3 Å². The van der Waals surface area contributed by atoms with Gasteiger partial charge in [0.15, 0.2) is 0 Å². The molecule has 0 amide bonds. The topological polar surface area (TPSA) is 67.5 Å². The smallest absolute Gasteiger partial charge is 0.265 e. The van der Waals surface area contributed by atoms with Crippen LogP contribution in [0.1, 0.15) is 11.3 Å². The highest BCUT2D eigenvalue weighted by atomic mass is 35.5. The van der Waals surface area contributed by atoms with Crippen molar-refractivity contribution in [3.05, 3.63) is 99.6 Å². The molecule has 2 aromatic carbocycles. The van der Waals surface area contributed by atoms with Crippen molar-refractivity contribution >= 4 is 28.6 Å². The first-order chi connectivity index (χ1) is 13.7. The minimum Gasteiger partial charge on any atom is -0.494 e. The Hall–Kier alpha value is -3.44. The Balaban J connectivity index is 1.90. The van der Waals surface area contributed by atoms with Gasteiger partial charge in [-0.2, -0.15) is 0 Å². The molecule has 0 bridgehead atoms. The van der Waals surface area contributed by atoms with Gasteiger partial charge in [0.1, 0.15) is 0 Å². The lowest BCUT2D eigenvalue weighted by Crippen LogP contribution is -2.20. The molecular weight excluding hydrogens is 374 g/mol. The third-order valence-corrected chi connectivity index (χ3v) is 4.72. The number of benzene rings is 2. The van der Waals surface area contributed by atoms with Crippen molar-refractivity contribution in [3.8, 4) is 11.6 Å². The number of nitrogens with zero attached hydrogens (tertiary/aromatic N) is 3. The highest BCUT2D eigenvalue weighted by molar-refractivity contribution is 6.32. The monoisotopic (exact) mass is 389 g/mol. The molecule has 0 aliphatic carbocycles. The fourth-order valence-corrected chi connectivity index (χ4v) is 3.29. The Bertz CT molecular complexity index is 1230. The average Bonchev–Trinajstić information content (AvgIpc) is 2.73. The van der Waals surface area contributed by atoms with Gasteiger partial charge in [0.05, 0.1) is 28.5 Å². The maximum Gasteiger partial charge on any atom is 0.265 e. The van der Waals surface area contributed by atoms with Crippen LogP contribution in [-0.2, 0) is 6.54 Å². The zero-order chi connectivity index (χ0) is 19.5. The molecule has 0 radical (unpaired) electrons. The second kappa shape index (κ2) is 7.66. The third-order valence-electron chi connectivity index (χ3n) is 4.40. The lowest BCUT2D eigenvalue weighted by Gasteiger charge is -2.14. The summed E-state index contributed by atoms with van der Waals surface area (Å²) in [4.78, 5) is 21.7. The van der Waals surface area contributed by atoms with Gasteiger partial charge >= 0.3 is 0 Å². The number of pyridine rings is 2. The second-order valence-electron chi connectivity index (χ2n) is 6.17. The SMILES string of the molecule is O=c1c2ccccc2c(C=NCc2ccccn2)c(O)n1-c1ccccc1Cl. The van der Waals surface area contributed by atoms with Crippen molar-refractivity contribution in [1.82, 2.24) is 9.55 Å². The number of hydrogen-bond acceptors (Lipinski definition) is 4. The van der Waals surface area contributed by atoms with E-state index < -0.39 is 0 Å². The Morgan fingerprint density at radius 1 is 1.00 bits per heavy atom. The van der Waals surface area contributed by atoms with E-state index in [4.69, 9.17) is 11.6 Å². The molecule has 0 spiro atoms. The molecule has 0 aliphatic heterocycles. The van der Waals surface area contributed by atoms with Gasteiger partial charge in [-0.15, -0.1) is 0 Å². The summed E-state index contributed by atoms with van der Waals surface area (Å²) in [5.41, 5.74) is 1.33. The lowest BCUT2D eigenvalue weighted by atomic mass is 10.1. The van der Waals surface area contributed by atoms with Gasteiger partial charge < -0.3 is 5.11 Å². The number of rotatable bonds is 4. The summed E-state index contributed by atoms with van der Waals surface area (Å²) in [6, 6.07) is 19.6. The van der Waals surface area contributed by atoms with Crippen LogP contribution in [0.2, 0.25) is 5.02 Å². The molecule has 0 fully saturated rings. The predicted molar refractivity (Wildman–Crippen MR) is 112 cm³/mol. The van der Waals surface area contributed by atoms with Gasteiger partial charge in [0.2, 0.25) is 5.88 Å². The predicted octanol–water partition coefficient (Wildman–Crippen LogP) is 4.36. The maximum atomic E-state index is 13.0. The van der Waals surface area contributed by atoms with Crippen LogP contribution in [0.15, 0.2) is 82.7 Å². The third kappa shape index (κ3) is 3.28. The molecule has 0 unspecified atom stereocenters. The number of aromatic nitrogens is 2. The van der Waals surface area contributed by atoms with E-state index in [0.717, 1.165) is 5.69 Å². The number of hydrogen-bond donors (Lipinski definition) is 1. The van der Waals surface area contributed by atoms with Crippen LogP contribution < -0.4 is 5.56 Å². The fraction of sp³-hybridized carbons (Fsp3) is 0.0455. The molecule has 2 aromatic heterocycles. The minimum atomic E-state index is -0.344. The number of fused-ring (bicyclic) bond motifs is 1. The molecule has 28 heavy (non-hydrogen) atoms. The van der Waals surface area contributed by atoms with E-state index in [9.17, 15) is 9.90 Å². The quantitative estimate of drug-likeness (QED) is 0.527. The van der Waals surface area contributed by atoms with Crippen molar-refractivity contribution in [1.29, 1.82) is 0 Å². The van der Waals surface area contributed by atoms with E-state index >= 15 is 0 Å². The summed E-state index contributed by atoms with van der Waals surface area (Å²) in [6.45, 7) is 0.361. The van der Waals surface area contributed by atoms with Gasteiger partial charge in [0, 0.05) is 23.2 Å². The summed E-state index contributed by atoms with van der Waals surface area (Å²) >= 11 is 6.28. The van der Waals surface area contributed by atoms with Crippen molar-refractivity contribution < 1.29 is 5.11 Å². The molecule has 6 heteroatoms. The van der Waals surface area contributed by atoms with Gasteiger partial charge in [0.25, 0.3) is 5.56 Å². The van der Waals surface area contributed by atoms with Gasteiger partial charge in [-0.1, -0.05) is 48.0 Å². The van der Waals surface area contributed by atoms with Crippen molar-refractivity contribution in [3.63, 3.8) is 0 Å². The molecule has 0 saturated heterocycles. The standard InChI is InChI=1S/C22H16ClN3O2/c23-19-10-3-4-11-20(19)26-21(27)17-9-2-1-8-16(17)18(22(26)28)14-24-13-15-7-5-6-12-25-15/h1-12,14,28H,13H2. The molecule has 1 N–H and O–H groups in total. The average molecular weight is 390 g/mol. The maximum absolute atomic E-state index is 13.0. The molecule has 4 rings (SSSR count). The molecule has 0 atom stereocenters. The van der Waals surface area contributed by atoms with E-state index in [1.54, 1.807) is 54.9 Å². The van der Waals surface area contributed by atoms with Crippen LogP contribution in [0, 0.1) is 0 Å². The Morgan fingerprint density at radius 3 is 2.46 bits per heavy atom. The zero-order valence-electron chi connectivity index (χ0n) is 14.8. The molecule has 5 nitrogen and oxygen atoms in total. The summed E-state index contributed by atoms with van der Waals surface area (Å²) in [5, 5.41) is 12.4. The van der Waals surface area contributed by atoms with E-state index in [0.29, 0.717) is 33.6 Å². The molecular formula is C22H16ClN3O2. The number of halogens is 1. The number of aromatic hydroxyl groups is 1. The van der Waals surface area contributed by atoms with Crippen molar-refractivity contribution in [2.75, 3.05) is 0 Å². The van der Waals surface area contributed by atoms with Gasteiger partial charge in [-0.3, -0.25) is 14.8 Å². The largest absolute Gasteiger partial charge is 0.494 e. The first-order valence-electron chi connectivity index (χ1n) is 8.68. The number of aliphatic imine (C=N–C) groups is 1. The van der Waals surface area contributed by atoms with Crippen molar-refractivity contribution in [2.45, 2.75) is 6.54 Å². The molecule has 138 valence electrons. The van der Waals surface area contributed by atoms with Crippen LogP contribution in [0.3, 0.4) is 0 Å². The van der Waals surface area contributed by atoms with Crippen molar-refractivity contribution in [2.24, 2.45) is 4.99 Å². The van der Waals surface area contributed by atoms with E-state index in [1.807, 2.05) is 24.3 Å². The Morgan fingerprint density at radius 2 is 1.71 bits per heavy atom. The minimum absolute atomic E-state index is 0.207.